The number of hydrogen-bond donors (Lipinski definition) is 1. The van der Waals surface area contributed by atoms with Gasteiger partial charge in [0.05, 0.1) is 0 Å². The van der Waals surface area contributed by atoms with Crippen molar-refractivity contribution >= 4 is 33.4 Å². The van der Waals surface area contributed by atoms with E-state index in [-0.39, 0.29) is 17.4 Å². The Morgan fingerprint density at radius 2 is 2.31 bits per heavy atom. The molecule has 1 amide bonds. The number of nitrogens with one attached hydrogen (secondary N) is 1. The highest BCUT2D eigenvalue weighted by Gasteiger charge is 2.26. The fourth-order valence-corrected chi connectivity index (χ4v) is 2.22. The highest BCUT2D eigenvalue weighted by atomic mass is 79.9. The summed E-state index contributed by atoms with van der Waals surface area (Å²) in [6.07, 6.45) is 0.896. The molecule has 1 aromatic heterocycles. The average Bonchev–Trinajstić information content (AvgIpc) is 2.68. The normalized spacial score (nSPS) is 13.5. The number of aromatic nitrogens is 2. The molecule has 16 heavy (non-hydrogen) atoms. The fraction of sp³-hybridized carbons (Fsp3) is 0.700. The molecule has 0 fully saturated rings. The molecule has 0 saturated heterocycles. The van der Waals surface area contributed by atoms with Crippen molar-refractivity contribution in [3.8, 4) is 0 Å². The molecule has 1 heterocycles. The Balaban J connectivity index is 2.66. The molecule has 0 saturated carbocycles. The van der Waals surface area contributed by atoms with Gasteiger partial charge in [0.1, 0.15) is 0 Å². The predicted molar refractivity (Wildman–Crippen MR) is 69.0 cm³/mol. The van der Waals surface area contributed by atoms with Gasteiger partial charge >= 0.3 is 0 Å². The molecule has 6 heteroatoms. The maximum absolute atomic E-state index is 11.8. The summed E-state index contributed by atoms with van der Waals surface area (Å²) < 4.78 is 3.68. The first-order chi connectivity index (χ1) is 7.45. The molecular formula is C10H16BrN3OS. The molecule has 0 bridgehead atoms. The number of carbonyl (C=O) groups excluding carboxylic acids is 1. The average molecular weight is 306 g/mol. The van der Waals surface area contributed by atoms with Crippen LogP contribution in [-0.4, -0.2) is 26.9 Å². The number of rotatable bonds is 4. The third kappa shape index (κ3) is 3.83. The number of amides is 1. The molecule has 0 radical (unpaired) electrons. The molecule has 1 aromatic rings. The molecule has 1 rings (SSSR count). The highest BCUT2D eigenvalue weighted by molar-refractivity contribution is 9.09. The predicted octanol–water partition coefficient (Wildman–Crippen LogP) is 2.47. The lowest BCUT2D eigenvalue weighted by Gasteiger charge is -2.30. The lowest BCUT2D eigenvalue weighted by molar-refractivity contribution is 0.0895. The minimum atomic E-state index is -0.144. The monoisotopic (exact) mass is 305 g/mol. The van der Waals surface area contributed by atoms with Gasteiger partial charge in [-0.2, -0.15) is 0 Å². The summed E-state index contributed by atoms with van der Waals surface area (Å²) in [4.78, 5) is 11.8. The van der Waals surface area contributed by atoms with Crippen LogP contribution in [-0.2, 0) is 0 Å². The van der Waals surface area contributed by atoms with Crippen LogP contribution in [0, 0.1) is 5.41 Å². The molecule has 1 N–H and O–H groups in total. The number of halogens is 1. The van der Waals surface area contributed by atoms with E-state index in [1.54, 1.807) is 5.38 Å². The van der Waals surface area contributed by atoms with Crippen LogP contribution in [0.25, 0.3) is 0 Å². The summed E-state index contributed by atoms with van der Waals surface area (Å²) in [5.74, 6) is -0.144. The van der Waals surface area contributed by atoms with Crippen molar-refractivity contribution in [2.75, 3.05) is 5.33 Å². The fourth-order valence-electron chi connectivity index (χ4n) is 1.33. The Morgan fingerprint density at radius 3 is 2.75 bits per heavy atom. The highest BCUT2D eigenvalue weighted by Crippen LogP contribution is 2.22. The van der Waals surface area contributed by atoms with Gasteiger partial charge < -0.3 is 5.32 Å². The van der Waals surface area contributed by atoms with Crippen molar-refractivity contribution in [2.24, 2.45) is 5.41 Å². The SMILES string of the molecule is CC(C)(C)C(CCBr)NC(=O)c1csnn1. The Bertz CT molecular complexity index is 334. The van der Waals surface area contributed by atoms with E-state index >= 15 is 0 Å². The molecule has 4 nitrogen and oxygen atoms in total. The summed E-state index contributed by atoms with van der Waals surface area (Å²) in [7, 11) is 0. The second kappa shape index (κ2) is 5.72. The van der Waals surface area contributed by atoms with Gasteiger partial charge in [0.25, 0.3) is 5.91 Å². The van der Waals surface area contributed by atoms with Gasteiger partial charge in [0.2, 0.25) is 0 Å². The Kier molecular flexibility index (Phi) is 4.86. The second-order valence-corrected chi connectivity index (χ2v) is 6.06. The third-order valence-corrected chi connectivity index (χ3v) is 3.30. The van der Waals surface area contributed by atoms with Gasteiger partial charge in [0.15, 0.2) is 5.69 Å². The van der Waals surface area contributed by atoms with E-state index in [1.807, 2.05) is 0 Å². The summed E-state index contributed by atoms with van der Waals surface area (Å²) in [5, 5.41) is 9.27. The zero-order chi connectivity index (χ0) is 12.2. The van der Waals surface area contributed by atoms with Gasteiger partial charge in [-0.05, 0) is 23.4 Å². The zero-order valence-corrected chi connectivity index (χ0v) is 12.1. The molecule has 0 aromatic carbocycles. The molecule has 0 aliphatic carbocycles. The number of alkyl halides is 1. The topological polar surface area (TPSA) is 54.9 Å². The lowest BCUT2D eigenvalue weighted by Crippen LogP contribution is -2.44. The van der Waals surface area contributed by atoms with E-state index in [2.05, 4.69) is 51.6 Å². The van der Waals surface area contributed by atoms with Crippen molar-refractivity contribution < 1.29 is 4.79 Å². The number of carbonyl (C=O) groups is 1. The molecule has 0 aliphatic rings. The van der Waals surface area contributed by atoms with E-state index in [1.165, 1.54) is 11.5 Å². The summed E-state index contributed by atoms with van der Waals surface area (Å²) >= 11 is 4.59. The maximum atomic E-state index is 11.8. The number of nitrogens with zero attached hydrogens (tertiary/aromatic N) is 2. The molecule has 90 valence electrons. The molecule has 1 atom stereocenters. The van der Waals surface area contributed by atoms with Gasteiger partial charge in [-0.25, -0.2) is 0 Å². The van der Waals surface area contributed by atoms with E-state index in [9.17, 15) is 4.79 Å². The van der Waals surface area contributed by atoms with Crippen LogP contribution in [0.5, 0.6) is 0 Å². The van der Waals surface area contributed by atoms with E-state index in [4.69, 9.17) is 0 Å². The van der Waals surface area contributed by atoms with Crippen LogP contribution >= 0.6 is 27.5 Å². The summed E-state index contributed by atoms with van der Waals surface area (Å²) in [6.45, 7) is 6.33. The van der Waals surface area contributed by atoms with Gasteiger partial charge in [-0.1, -0.05) is 41.2 Å². The maximum Gasteiger partial charge on any atom is 0.272 e. The van der Waals surface area contributed by atoms with Crippen LogP contribution in [0.1, 0.15) is 37.7 Å². The van der Waals surface area contributed by atoms with Crippen LogP contribution in [0.2, 0.25) is 0 Å². The van der Waals surface area contributed by atoms with Crippen molar-refractivity contribution in [1.29, 1.82) is 0 Å². The largest absolute Gasteiger partial charge is 0.347 e. The summed E-state index contributed by atoms with van der Waals surface area (Å²) in [5.41, 5.74) is 0.432. The third-order valence-electron chi connectivity index (χ3n) is 2.34. The van der Waals surface area contributed by atoms with Gasteiger partial charge in [-0.3, -0.25) is 4.79 Å². The van der Waals surface area contributed by atoms with Crippen LogP contribution in [0.3, 0.4) is 0 Å². The first-order valence-corrected chi connectivity index (χ1v) is 7.05. The van der Waals surface area contributed by atoms with Crippen molar-refractivity contribution in [3.63, 3.8) is 0 Å². The first-order valence-electron chi connectivity index (χ1n) is 5.09. The van der Waals surface area contributed by atoms with Gasteiger partial charge in [-0.15, -0.1) is 5.10 Å². The first kappa shape index (κ1) is 13.6. The van der Waals surface area contributed by atoms with Crippen LogP contribution < -0.4 is 5.32 Å². The summed E-state index contributed by atoms with van der Waals surface area (Å²) in [6, 6.07) is 0.126. The minimum Gasteiger partial charge on any atom is -0.347 e. The standard InChI is InChI=1S/C10H16BrN3OS/c1-10(2,3)8(4-5-11)12-9(15)7-6-16-14-13-7/h6,8H,4-5H2,1-3H3,(H,12,15). The van der Waals surface area contributed by atoms with Crippen molar-refractivity contribution in [1.82, 2.24) is 14.9 Å². The van der Waals surface area contributed by atoms with Crippen LogP contribution in [0.4, 0.5) is 0 Å². The Labute approximate surface area is 108 Å². The minimum absolute atomic E-state index is 0.0346. The van der Waals surface area contributed by atoms with Crippen LogP contribution in [0.15, 0.2) is 5.38 Å². The smallest absolute Gasteiger partial charge is 0.272 e. The van der Waals surface area contributed by atoms with Crippen molar-refractivity contribution in [3.05, 3.63) is 11.1 Å². The molecule has 0 spiro atoms. The van der Waals surface area contributed by atoms with E-state index in [0.717, 1.165) is 11.8 Å². The van der Waals surface area contributed by atoms with E-state index in [0.29, 0.717) is 5.69 Å². The lowest BCUT2D eigenvalue weighted by atomic mass is 9.85. The zero-order valence-electron chi connectivity index (χ0n) is 9.66. The molecule has 1 unspecified atom stereocenters. The van der Waals surface area contributed by atoms with Gasteiger partial charge in [0, 0.05) is 16.8 Å². The number of hydrogen-bond acceptors (Lipinski definition) is 4. The molecule has 0 aliphatic heterocycles. The van der Waals surface area contributed by atoms with E-state index < -0.39 is 0 Å². The second-order valence-electron chi connectivity index (χ2n) is 4.66. The Morgan fingerprint density at radius 1 is 1.62 bits per heavy atom. The Hall–Kier alpha value is -0.490. The quantitative estimate of drug-likeness (QED) is 0.869. The molecular weight excluding hydrogens is 290 g/mol. The van der Waals surface area contributed by atoms with Crippen molar-refractivity contribution in [2.45, 2.75) is 33.2 Å².